The Morgan fingerprint density at radius 3 is 2.83 bits per heavy atom. The summed E-state index contributed by atoms with van der Waals surface area (Å²) in [4.78, 5) is 11.4. The van der Waals surface area contributed by atoms with Gasteiger partial charge in [0.25, 0.3) is 0 Å². The third-order valence-electron chi connectivity index (χ3n) is 2.66. The fourth-order valence-corrected chi connectivity index (χ4v) is 1.67. The molecular formula is C14H20FNO2. The van der Waals surface area contributed by atoms with E-state index < -0.39 is 0 Å². The van der Waals surface area contributed by atoms with Crippen LogP contribution in [0.5, 0.6) is 0 Å². The minimum atomic E-state index is -0.196. The van der Waals surface area contributed by atoms with Gasteiger partial charge in [-0.3, -0.25) is 4.79 Å². The number of hydrogen-bond acceptors (Lipinski definition) is 2. The van der Waals surface area contributed by atoms with Crippen LogP contribution in [-0.2, 0) is 16.0 Å². The molecule has 0 heterocycles. The van der Waals surface area contributed by atoms with Crippen molar-refractivity contribution in [2.24, 2.45) is 0 Å². The zero-order chi connectivity index (χ0) is 13.2. The van der Waals surface area contributed by atoms with E-state index in [1.807, 2.05) is 6.07 Å². The van der Waals surface area contributed by atoms with Gasteiger partial charge in [0.2, 0.25) is 5.91 Å². The summed E-state index contributed by atoms with van der Waals surface area (Å²) in [7, 11) is 1.64. The van der Waals surface area contributed by atoms with Crippen molar-refractivity contribution in [3.63, 3.8) is 0 Å². The zero-order valence-corrected chi connectivity index (χ0v) is 10.7. The first-order valence-corrected chi connectivity index (χ1v) is 6.23. The van der Waals surface area contributed by atoms with Gasteiger partial charge in [-0.15, -0.1) is 0 Å². The summed E-state index contributed by atoms with van der Waals surface area (Å²) in [5.41, 5.74) is 0.671. The standard InChI is InChI=1S/C14H20FNO2/c1-18-11-5-10-16-14(17)9-4-7-12-6-2-3-8-13(12)15/h2-3,6,8H,4-5,7,9-11H2,1H3,(H,16,17). The maximum absolute atomic E-state index is 13.3. The molecule has 0 spiro atoms. The minimum Gasteiger partial charge on any atom is -0.385 e. The molecule has 0 radical (unpaired) electrons. The number of carbonyl (C=O) groups is 1. The molecule has 18 heavy (non-hydrogen) atoms. The van der Waals surface area contributed by atoms with E-state index in [-0.39, 0.29) is 11.7 Å². The second kappa shape index (κ2) is 8.64. The van der Waals surface area contributed by atoms with Crippen LogP contribution in [0, 0.1) is 5.82 Å². The third kappa shape index (κ3) is 5.77. The molecule has 1 rings (SSSR count). The lowest BCUT2D eigenvalue weighted by Crippen LogP contribution is -2.24. The first-order chi connectivity index (χ1) is 8.74. The molecule has 0 saturated heterocycles. The highest BCUT2D eigenvalue weighted by Gasteiger charge is 2.03. The number of aryl methyl sites for hydroxylation is 1. The highest BCUT2D eigenvalue weighted by molar-refractivity contribution is 5.75. The summed E-state index contributed by atoms with van der Waals surface area (Å²) in [5, 5.41) is 2.81. The lowest BCUT2D eigenvalue weighted by Gasteiger charge is -2.05. The number of carbonyl (C=O) groups excluding carboxylic acids is 1. The van der Waals surface area contributed by atoms with Gasteiger partial charge >= 0.3 is 0 Å². The van der Waals surface area contributed by atoms with Gasteiger partial charge < -0.3 is 10.1 Å². The quantitative estimate of drug-likeness (QED) is 0.722. The molecule has 0 aliphatic rings. The van der Waals surface area contributed by atoms with Gasteiger partial charge in [0.05, 0.1) is 0 Å². The lowest BCUT2D eigenvalue weighted by molar-refractivity contribution is -0.121. The molecule has 1 N–H and O–H groups in total. The Balaban J connectivity index is 2.14. The molecule has 0 atom stereocenters. The van der Waals surface area contributed by atoms with Crippen LogP contribution in [0.2, 0.25) is 0 Å². The van der Waals surface area contributed by atoms with Crippen molar-refractivity contribution < 1.29 is 13.9 Å². The first-order valence-electron chi connectivity index (χ1n) is 6.23. The molecular weight excluding hydrogens is 233 g/mol. The van der Waals surface area contributed by atoms with Crippen molar-refractivity contribution in [1.29, 1.82) is 0 Å². The summed E-state index contributed by atoms with van der Waals surface area (Å²) >= 11 is 0. The summed E-state index contributed by atoms with van der Waals surface area (Å²) in [6.45, 7) is 1.28. The number of ether oxygens (including phenoxy) is 1. The Morgan fingerprint density at radius 1 is 1.33 bits per heavy atom. The van der Waals surface area contributed by atoms with Gasteiger partial charge in [-0.2, -0.15) is 0 Å². The van der Waals surface area contributed by atoms with E-state index in [1.165, 1.54) is 6.07 Å². The third-order valence-corrected chi connectivity index (χ3v) is 2.66. The van der Waals surface area contributed by atoms with Crippen LogP contribution in [0.1, 0.15) is 24.8 Å². The normalized spacial score (nSPS) is 10.3. The predicted molar refractivity (Wildman–Crippen MR) is 68.8 cm³/mol. The van der Waals surface area contributed by atoms with Gasteiger partial charge in [0, 0.05) is 26.7 Å². The first kappa shape index (κ1) is 14.6. The van der Waals surface area contributed by atoms with E-state index in [9.17, 15) is 9.18 Å². The molecule has 1 aromatic rings. The van der Waals surface area contributed by atoms with E-state index in [0.29, 0.717) is 38.0 Å². The van der Waals surface area contributed by atoms with Crippen LogP contribution in [0.25, 0.3) is 0 Å². The Kier molecular flexibility index (Phi) is 7.03. The van der Waals surface area contributed by atoms with Crippen molar-refractivity contribution in [2.75, 3.05) is 20.3 Å². The molecule has 4 heteroatoms. The van der Waals surface area contributed by atoms with E-state index in [1.54, 1.807) is 19.2 Å². The highest BCUT2D eigenvalue weighted by Crippen LogP contribution is 2.09. The average molecular weight is 253 g/mol. The topological polar surface area (TPSA) is 38.3 Å². The number of rotatable bonds is 8. The van der Waals surface area contributed by atoms with E-state index in [0.717, 1.165) is 6.42 Å². The molecule has 0 aliphatic carbocycles. The second-order valence-electron chi connectivity index (χ2n) is 4.14. The second-order valence-corrected chi connectivity index (χ2v) is 4.14. The molecule has 3 nitrogen and oxygen atoms in total. The summed E-state index contributed by atoms with van der Waals surface area (Å²) in [5.74, 6) is -0.180. The molecule has 1 amide bonds. The van der Waals surface area contributed by atoms with Crippen molar-refractivity contribution in [3.05, 3.63) is 35.6 Å². The highest BCUT2D eigenvalue weighted by atomic mass is 19.1. The smallest absolute Gasteiger partial charge is 0.220 e. The molecule has 100 valence electrons. The van der Waals surface area contributed by atoms with Gasteiger partial charge in [0.1, 0.15) is 5.82 Å². The molecule has 0 fully saturated rings. The Morgan fingerprint density at radius 2 is 2.11 bits per heavy atom. The lowest BCUT2D eigenvalue weighted by atomic mass is 10.1. The van der Waals surface area contributed by atoms with Gasteiger partial charge in [-0.25, -0.2) is 4.39 Å². The number of methoxy groups -OCH3 is 1. The van der Waals surface area contributed by atoms with Gasteiger partial charge in [-0.05, 0) is 30.9 Å². The van der Waals surface area contributed by atoms with E-state index in [2.05, 4.69) is 5.32 Å². The molecule has 0 bridgehead atoms. The number of nitrogens with one attached hydrogen (secondary N) is 1. The predicted octanol–water partition coefficient (Wildman–Crippen LogP) is 2.30. The van der Waals surface area contributed by atoms with Crippen LogP contribution in [-0.4, -0.2) is 26.2 Å². The van der Waals surface area contributed by atoms with Crippen molar-refractivity contribution in [3.8, 4) is 0 Å². The molecule has 0 unspecified atom stereocenters. The molecule has 0 aromatic heterocycles. The van der Waals surface area contributed by atoms with E-state index in [4.69, 9.17) is 4.74 Å². The zero-order valence-electron chi connectivity index (χ0n) is 10.7. The molecule has 0 aliphatic heterocycles. The average Bonchev–Trinajstić information content (AvgIpc) is 2.37. The van der Waals surface area contributed by atoms with Crippen LogP contribution >= 0.6 is 0 Å². The van der Waals surface area contributed by atoms with Crippen LogP contribution < -0.4 is 5.32 Å². The van der Waals surface area contributed by atoms with Gasteiger partial charge in [0.15, 0.2) is 0 Å². The largest absolute Gasteiger partial charge is 0.385 e. The van der Waals surface area contributed by atoms with Crippen LogP contribution in [0.3, 0.4) is 0 Å². The number of halogens is 1. The summed E-state index contributed by atoms with van der Waals surface area (Å²) < 4.78 is 18.2. The fraction of sp³-hybridized carbons (Fsp3) is 0.500. The van der Waals surface area contributed by atoms with Crippen molar-refractivity contribution in [1.82, 2.24) is 5.32 Å². The fourth-order valence-electron chi connectivity index (χ4n) is 1.67. The Labute approximate surface area is 107 Å². The number of benzene rings is 1. The monoisotopic (exact) mass is 253 g/mol. The SMILES string of the molecule is COCCCNC(=O)CCCc1ccccc1F. The maximum atomic E-state index is 13.3. The van der Waals surface area contributed by atoms with Crippen LogP contribution in [0.15, 0.2) is 24.3 Å². The Hall–Kier alpha value is -1.42. The molecule has 1 aromatic carbocycles. The number of amides is 1. The summed E-state index contributed by atoms with van der Waals surface area (Å²) in [6, 6.07) is 6.68. The maximum Gasteiger partial charge on any atom is 0.220 e. The van der Waals surface area contributed by atoms with Gasteiger partial charge in [-0.1, -0.05) is 18.2 Å². The van der Waals surface area contributed by atoms with Crippen molar-refractivity contribution in [2.45, 2.75) is 25.7 Å². The molecule has 0 saturated carbocycles. The van der Waals surface area contributed by atoms with Crippen LogP contribution in [0.4, 0.5) is 4.39 Å². The summed E-state index contributed by atoms with van der Waals surface area (Å²) in [6.07, 6.45) is 2.51. The van der Waals surface area contributed by atoms with E-state index >= 15 is 0 Å². The van der Waals surface area contributed by atoms with Crippen molar-refractivity contribution >= 4 is 5.91 Å². The Bertz CT molecular complexity index is 369. The number of hydrogen-bond donors (Lipinski definition) is 1. The minimum absolute atomic E-state index is 0.0162.